The van der Waals surface area contributed by atoms with Gasteiger partial charge in [-0.1, -0.05) is 57.0 Å². The van der Waals surface area contributed by atoms with E-state index in [4.69, 9.17) is 5.73 Å². The first-order valence-electron chi connectivity index (χ1n) is 6.27. The zero-order chi connectivity index (χ0) is 12.7. The summed E-state index contributed by atoms with van der Waals surface area (Å²) in [7, 11) is 0. The van der Waals surface area contributed by atoms with E-state index in [1.54, 1.807) is 0 Å². The molecule has 1 amide bonds. The molecule has 94 valence electrons. The van der Waals surface area contributed by atoms with Crippen LogP contribution in [0, 0.1) is 5.92 Å². The number of hydrogen-bond acceptors (Lipinski definition) is 2. The van der Waals surface area contributed by atoms with Crippen molar-refractivity contribution >= 4 is 5.91 Å². The van der Waals surface area contributed by atoms with Crippen LogP contribution in [-0.2, 0) is 4.79 Å². The molecule has 0 aromatic heterocycles. The molecule has 0 fully saturated rings. The van der Waals surface area contributed by atoms with Crippen molar-refractivity contribution in [2.24, 2.45) is 11.7 Å². The van der Waals surface area contributed by atoms with Crippen molar-refractivity contribution in [1.82, 2.24) is 5.32 Å². The summed E-state index contributed by atoms with van der Waals surface area (Å²) in [5.74, 6) is 0.360. The van der Waals surface area contributed by atoms with E-state index in [2.05, 4.69) is 31.3 Å². The molecule has 1 atom stereocenters. The first-order valence-corrected chi connectivity index (χ1v) is 6.27. The van der Waals surface area contributed by atoms with Gasteiger partial charge in [-0.3, -0.25) is 4.79 Å². The van der Waals surface area contributed by atoms with Gasteiger partial charge >= 0.3 is 0 Å². The Labute approximate surface area is 103 Å². The Kier molecular flexibility index (Phi) is 5.70. The third kappa shape index (κ3) is 3.86. The molecule has 0 bridgehead atoms. The van der Waals surface area contributed by atoms with Crippen LogP contribution in [0.3, 0.4) is 0 Å². The lowest BCUT2D eigenvalue weighted by Gasteiger charge is -2.26. The van der Waals surface area contributed by atoms with Crippen LogP contribution in [0.4, 0.5) is 0 Å². The molecule has 3 heteroatoms. The molecule has 0 aliphatic rings. The average Bonchev–Trinajstić information content (AvgIpc) is 2.39. The molecule has 1 unspecified atom stereocenters. The number of nitrogens with two attached hydrogens (primary N) is 1. The average molecular weight is 234 g/mol. The maximum Gasteiger partial charge on any atom is 0.234 e. The number of hydrogen-bond donors (Lipinski definition) is 2. The van der Waals surface area contributed by atoms with Gasteiger partial charge in [-0.2, -0.15) is 0 Å². The van der Waals surface area contributed by atoms with Crippen molar-refractivity contribution in [3.63, 3.8) is 0 Å². The Morgan fingerprint density at radius 1 is 1.24 bits per heavy atom. The molecular formula is C14H22N2O. The molecule has 0 saturated carbocycles. The fourth-order valence-electron chi connectivity index (χ4n) is 2.13. The summed E-state index contributed by atoms with van der Waals surface area (Å²) in [6.45, 7) is 4.35. The molecule has 1 aromatic rings. The molecule has 3 N–H and O–H groups in total. The van der Waals surface area contributed by atoms with Gasteiger partial charge in [-0.05, 0) is 11.5 Å². The summed E-state index contributed by atoms with van der Waals surface area (Å²) in [5.41, 5.74) is 6.52. The fourth-order valence-corrected chi connectivity index (χ4v) is 2.13. The van der Waals surface area contributed by atoms with E-state index in [-0.39, 0.29) is 18.5 Å². The molecule has 0 spiro atoms. The summed E-state index contributed by atoms with van der Waals surface area (Å²) < 4.78 is 0. The molecule has 1 aromatic carbocycles. The van der Waals surface area contributed by atoms with E-state index in [0.29, 0.717) is 5.92 Å². The van der Waals surface area contributed by atoms with Gasteiger partial charge in [0.2, 0.25) is 5.91 Å². The molecule has 0 aliphatic carbocycles. The fraction of sp³-hybridized carbons (Fsp3) is 0.500. The number of nitrogens with one attached hydrogen (secondary N) is 1. The lowest BCUT2D eigenvalue weighted by molar-refractivity contribution is -0.120. The highest BCUT2D eigenvalue weighted by Crippen LogP contribution is 2.27. The second-order valence-corrected chi connectivity index (χ2v) is 4.24. The number of rotatable bonds is 6. The van der Waals surface area contributed by atoms with E-state index >= 15 is 0 Å². The lowest BCUT2D eigenvalue weighted by atomic mass is 9.89. The van der Waals surface area contributed by atoms with Crippen LogP contribution >= 0.6 is 0 Å². The normalized spacial score (nSPS) is 12.5. The highest BCUT2D eigenvalue weighted by Gasteiger charge is 2.21. The van der Waals surface area contributed by atoms with Gasteiger partial charge in [0.15, 0.2) is 0 Å². The van der Waals surface area contributed by atoms with E-state index in [9.17, 15) is 4.79 Å². The van der Waals surface area contributed by atoms with E-state index in [1.807, 2.05) is 18.2 Å². The predicted molar refractivity (Wildman–Crippen MR) is 70.5 cm³/mol. The minimum atomic E-state index is -0.0919. The molecule has 1 rings (SSSR count). The Hall–Kier alpha value is -1.35. The van der Waals surface area contributed by atoms with Gasteiger partial charge < -0.3 is 11.1 Å². The summed E-state index contributed by atoms with van der Waals surface area (Å²) in [4.78, 5) is 11.5. The zero-order valence-corrected chi connectivity index (χ0v) is 10.6. The van der Waals surface area contributed by atoms with Crippen LogP contribution < -0.4 is 11.1 Å². The van der Waals surface area contributed by atoms with E-state index in [1.165, 1.54) is 0 Å². The molecule has 3 nitrogen and oxygen atoms in total. The maximum atomic E-state index is 11.5. The van der Waals surface area contributed by atoms with Crippen molar-refractivity contribution in [3.05, 3.63) is 35.9 Å². The SMILES string of the molecule is CCC(CC)C(NC(=O)CN)c1ccccc1. The Bertz CT molecular complexity index is 333. The van der Waals surface area contributed by atoms with E-state index in [0.717, 1.165) is 18.4 Å². The van der Waals surface area contributed by atoms with Gasteiger partial charge in [-0.15, -0.1) is 0 Å². The lowest BCUT2D eigenvalue weighted by Crippen LogP contribution is -2.37. The number of carbonyl (C=O) groups is 1. The van der Waals surface area contributed by atoms with Crippen LogP contribution in [0.25, 0.3) is 0 Å². The smallest absolute Gasteiger partial charge is 0.234 e. The number of amides is 1. The molecule has 0 saturated heterocycles. The standard InChI is InChI=1S/C14H22N2O/c1-3-11(4-2)14(16-13(17)10-15)12-8-6-5-7-9-12/h5-9,11,14H,3-4,10,15H2,1-2H3,(H,16,17). The second-order valence-electron chi connectivity index (χ2n) is 4.24. The minimum absolute atomic E-state index is 0.0451. The van der Waals surface area contributed by atoms with Crippen molar-refractivity contribution in [2.45, 2.75) is 32.7 Å². The topological polar surface area (TPSA) is 55.1 Å². The first-order chi connectivity index (χ1) is 8.22. The van der Waals surface area contributed by atoms with Gasteiger partial charge in [-0.25, -0.2) is 0 Å². The Morgan fingerprint density at radius 3 is 2.29 bits per heavy atom. The molecule has 0 aliphatic heterocycles. The van der Waals surface area contributed by atoms with Gasteiger partial charge in [0.1, 0.15) is 0 Å². The van der Waals surface area contributed by atoms with Crippen molar-refractivity contribution < 1.29 is 4.79 Å². The first kappa shape index (κ1) is 13.7. The quantitative estimate of drug-likeness (QED) is 0.793. The minimum Gasteiger partial charge on any atom is -0.348 e. The summed E-state index contributed by atoms with van der Waals surface area (Å²) in [6, 6.07) is 10.2. The van der Waals surface area contributed by atoms with Crippen LogP contribution in [0.2, 0.25) is 0 Å². The maximum absolute atomic E-state index is 11.5. The van der Waals surface area contributed by atoms with Crippen molar-refractivity contribution in [3.8, 4) is 0 Å². The predicted octanol–water partition coefficient (Wildman–Crippen LogP) is 2.24. The largest absolute Gasteiger partial charge is 0.348 e. The van der Waals surface area contributed by atoms with Crippen molar-refractivity contribution in [1.29, 1.82) is 0 Å². The summed E-state index contributed by atoms with van der Waals surface area (Å²) >= 11 is 0. The van der Waals surface area contributed by atoms with Gasteiger partial charge in [0.05, 0.1) is 12.6 Å². The van der Waals surface area contributed by atoms with Crippen LogP contribution in [0.1, 0.15) is 38.3 Å². The summed E-state index contributed by atoms with van der Waals surface area (Å²) in [6.07, 6.45) is 2.09. The number of carbonyl (C=O) groups excluding carboxylic acids is 1. The van der Waals surface area contributed by atoms with Crippen molar-refractivity contribution in [2.75, 3.05) is 6.54 Å². The Morgan fingerprint density at radius 2 is 1.82 bits per heavy atom. The monoisotopic (exact) mass is 234 g/mol. The highest BCUT2D eigenvalue weighted by atomic mass is 16.1. The third-order valence-corrected chi connectivity index (χ3v) is 3.18. The zero-order valence-electron chi connectivity index (χ0n) is 10.6. The third-order valence-electron chi connectivity index (χ3n) is 3.18. The number of benzene rings is 1. The summed E-state index contributed by atoms with van der Waals surface area (Å²) in [5, 5.41) is 3.02. The van der Waals surface area contributed by atoms with Gasteiger partial charge in [0.25, 0.3) is 0 Å². The Balaban J connectivity index is 2.89. The van der Waals surface area contributed by atoms with Gasteiger partial charge in [0, 0.05) is 0 Å². The highest BCUT2D eigenvalue weighted by molar-refractivity contribution is 5.78. The molecule has 17 heavy (non-hydrogen) atoms. The van der Waals surface area contributed by atoms with E-state index < -0.39 is 0 Å². The second kappa shape index (κ2) is 7.07. The van der Waals surface area contributed by atoms with Crippen LogP contribution in [0.15, 0.2) is 30.3 Å². The molecule has 0 radical (unpaired) electrons. The molecule has 0 heterocycles. The van der Waals surface area contributed by atoms with Crippen LogP contribution in [-0.4, -0.2) is 12.5 Å². The molecular weight excluding hydrogens is 212 g/mol. The van der Waals surface area contributed by atoms with Crippen LogP contribution in [0.5, 0.6) is 0 Å².